The van der Waals surface area contributed by atoms with Crippen molar-refractivity contribution in [3.05, 3.63) is 66.1 Å². The van der Waals surface area contributed by atoms with Crippen molar-refractivity contribution in [2.45, 2.75) is 26.3 Å². The predicted molar refractivity (Wildman–Crippen MR) is 112 cm³/mol. The topological polar surface area (TPSA) is 95.3 Å². The van der Waals surface area contributed by atoms with Crippen LogP contribution in [-0.4, -0.2) is 32.5 Å². The van der Waals surface area contributed by atoms with Gasteiger partial charge in [0.05, 0.1) is 17.5 Å². The molecule has 3 N–H and O–H groups in total. The van der Waals surface area contributed by atoms with Crippen LogP contribution in [-0.2, 0) is 11.1 Å². The molecule has 1 atom stereocenters. The van der Waals surface area contributed by atoms with E-state index in [1.54, 1.807) is 12.4 Å². The van der Waals surface area contributed by atoms with Crippen molar-refractivity contribution < 1.29 is 14.4 Å². The SMILES string of the molecule is CCC1C=CC(c2ccc(CNCCP(=O)(O)O)nc2-c2ccncc2)=CC1. The zero-order valence-electron chi connectivity index (χ0n) is 16.0. The molecule has 28 heavy (non-hydrogen) atoms. The number of nitrogens with one attached hydrogen (secondary N) is 1. The molecule has 1 unspecified atom stereocenters. The van der Waals surface area contributed by atoms with E-state index in [4.69, 9.17) is 14.8 Å². The molecule has 0 saturated carbocycles. The van der Waals surface area contributed by atoms with Crippen LogP contribution in [0.3, 0.4) is 0 Å². The van der Waals surface area contributed by atoms with Gasteiger partial charge in [-0.05, 0) is 42.5 Å². The molecule has 0 fully saturated rings. The molecule has 3 rings (SSSR count). The average molecular weight is 399 g/mol. The minimum Gasteiger partial charge on any atom is -0.324 e. The summed E-state index contributed by atoms with van der Waals surface area (Å²) in [5.41, 5.74) is 4.96. The first-order valence-corrected chi connectivity index (χ1v) is 11.3. The fourth-order valence-electron chi connectivity index (χ4n) is 3.17. The third-order valence-electron chi connectivity index (χ3n) is 4.82. The molecule has 2 aromatic rings. The van der Waals surface area contributed by atoms with Gasteiger partial charge in [-0.2, -0.15) is 0 Å². The summed E-state index contributed by atoms with van der Waals surface area (Å²) in [4.78, 5) is 26.9. The number of rotatable bonds is 8. The zero-order valence-corrected chi connectivity index (χ0v) is 16.8. The molecule has 148 valence electrons. The minimum atomic E-state index is -3.98. The van der Waals surface area contributed by atoms with Crippen LogP contribution in [0.2, 0.25) is 0 Å². The maximum absolute atomic E-state index is 11.0. The van der Waals surface area contributed by atoms with E-state index in [-0.39, 0.29) is 12.7 Å². The number of pyridine rings is 2. The summed E-state index contributed by atoms with van der Waals surface area (Å²) < 4.78 is 11.0. The minimum absolute atomic E-state index is 0.182. The summed E-state index contributed by atoms with van der Waals surface area (Å²) in [6.45, 7) is 2.89. The van der Waals surface area contributed by atoms with E-state index in [1.165, 1.54) is 5.57 Å². The van der Waals surface area contributed by atoms with Gasteiger partial charge in [-0.1, -0.05) is 31.2 Å². The van der Waals surface area contributed by atoms with E-state index >= 15 is 0 Å². The monoisotopic (exact) mass is 399 g/mol. The summed E-state index contributed by atoms with van der Waals surface area (Å²) in [6, 6.07) is 7.92. The molecular formula is C21H26N3O3P. The molecule has 0 amide bonds. The van der Waals surface area contributed by atoms with Gasteiger partial charge in [0.25, 0.3) is 0 Å². The van der Waals surface area contributed by atoms with Crippen molar-refractivity contribution >= 4 is 13.2 Å². The second-order valence-corrected chi connectivity index (χ2v) is 8.70. The summed E-state index contributed by atoms with van der Waals surface area (Å²) in [5, 5.41) is 3.05. The van der Waals surface area contributed by atoms with E-state index in [0.717, 1.165) is 35.4 Å². The average Bonchev–Trinajstić information content (AvgIpc) is 2.71. The summed E-state index contributed by atoms with van der Waals surface area (Å²) in [6.07, 6.45) is 12.2. The Balaban J connectivity index is 1.84. The second kappa shape index (κ2) is 9.39. The van der Waals surface area contributed by atoms with Crippen molar-refractivity contribution in [2.75, 3.05) is 12.7 Å². The lowest BCUT2D eigenvalue weighted by atomic mass is 9.90. The number of hydrogen-bond donors (Lipinski definition) is 3. The Morgan fingerprint density at radius 3 is 2.64 bits per heavy atom. The molecule has 7 heteroatoms. The predicted octanol–water partition coefficient (Wildman–Crippen LogP) is 3.78. The van der Waals surface area contributed by atoms with Gasteiger partial charge in [-0.15, -0.1) is 0 Å². The normalized spacial score (nSPS) is 16.8. The standard InChI is InChI=1S/C21H26N3O3P/c1-2-16-3-5-17(6-4-16)20-8-7-19(15-23-13-14-28(25,26)27)24-21(20)18-9-11-22-12-10-18/h3,5-12,16,23H,2,4,13-15H2,1H3,(H2,25,26,27). The van der Waals surface area contributed by atoms with Crippen LogP contribution in [0.5, 0.6) is 0 Å². The molecule has 0 radical (unpaired) electrons. The van der Waals surface area contributed by atoms with Crippen LogP contribution >= 0.6 is 7.60 Å². The largest absolute Gasteiger partial charge is 0.326 e. The summed E-state index contributed by atoms with van der Waals surface area (Å²) >= 11 is 0. The van der Waals surface area contributed by atoms with Gasteiger partial charge in [0, 0.05) is 36.6 Å². The molecule has 2 aromatic heterocycles. The Bertz CT molecular complexity index is 906. The Morgan fingerprint density at radius 2 is 2.00 bits per heavy atom. The van der Waals surface area contributed by atoms with Gasteiger partial charge in [-0.3, -0.25) is 14.5 Å². The highest BCUT2D eigenvalue weighted by atomic mass is 31.2. The lowest BCUT2D eigenvalue weighted by Gasteiger charge is -2.17. The second-order valence-electron chi connectivity index (χ2n) is 6.92. The van der Waals surface area contributed by atoms with Gasteiger partial charge in [0.2, 0.25) is 0 Å². The van der Waals surface area contributed by atoms with E-state index in [0.29, 0.717) is 12.5 Å². The van der Waals surface area contributed by atoms with Crippen LogP contribution in [0, 0.1) is 5.92 Å². The van der Waals surface area contributed by atoms with E-state index < -0.39 is 7.60 Å². The lowest BCUT2D eigenvalue weighted by Crippen LogP contribution is -2.18. The quantitative estimate of drug-likeness (QED) is 0.462. The highest BCUT2D eigenvalue weighted by Crippen LogP contribution is 2.33. The number of hydrogen-bond acceptors (Lipinski definition) is 4. The van der Waals surface area contributed by atoms with Crippen LogP contribution < -0.4 is 5.32 Å². The molecule has 0 saturated heterocycles. The Morgan fingerprint density at radius 1 is 1.21 bits per heavy atom. The van der Waals surface area contributed by atoms with Crippen molar-refractivity contribution in [1.82, 2.24) is 15.3 Å². The van der Waals surface area contributed by atoms with Gasteiger partial charge in [-0.25, -0.2) is 0 Å². The Labute approximate surface area is 165 Å². The maximum Gasteiger partial charge on any atom is 0.326 e. The van der Waals surface area contributed by atoms with Gasteiger partial charge in [0.15, 0.2) is 0 Å². The molecule has 6 nitrogen and oxygen atoms in total. The molecule has 0 aliphatic heterocycles. The number of allylic oxidation sites excluding steroid dienone is 4. The van der Waals surface area contributed by atoms with Crippen LogP contribution in [0.25, 0.3) is 16.8 Å². The van der Waals surface area contributed by atoms with Crippen LogP contribution in [0.4, 0.5) is 0 Å². The first-order valence-electron chi connectivity index (χ1n) is 9.50. The Hall–Kier alpha value is -2.11. The third-order valence-corrected chi connectivity index (χ3v) is 5.62. The fraction of sp³-hybridized carbons (Fsp3) is 0.333. The molecule has 0 bridgehead atoms. The summed E-state index contributed by atoms with van der Waals surface area (Å²) in [5.74, 6) is 0.596. The zero-order chi connectivity index (χ0) is 20.0. The first-order chi connectivity index (χ1) is 13.5. The van der Waals surface area contributed by atoms with E-state index in [1.807, 2.05) is 18.2 Å². The van der Waals surface area contributed by atoms with Crippen LogP contribution in [0.1, 0.15) is 31.0 Å². The van der Waals surface area contributed by atoms with Crippen molar-refractivity contribution in [1.29, 1.82) is 0 Å². The van der Waals surface area contributed by atoms with E-state index in [2.05, 4.69) is 41.5 Å². The highest BCUT2D eigenvalue weighted by Gasteiger charge is 2.15. The van der Waals surface area contributed by atoms with Gasteiger partial charge >= 0.3 is 7.60 Å². The molecule has 1 aliphatic rings. The van der Waals surface area contributed by atoms with Crippen LogP contribution in [0.15, 0.2) is 54.9 Å². The fourth-order valence-corrected chi connectivity index (χ4v) is 3.62. The van der Waals surface area contributed by atoms with Crippen molar-refractivity contribution in [2.24, 2.45) is 5.92 Å². The molecule has 2 heterocycles. The highest BCUT2D eigenvalue weighted by molar-refractivity contribution is 7.51. The van der Waals surface area contributed by atoms with Gasteiger partial charge in [0.1, 0.15) is 0 Å². The van der Waals surface area contributed by atoms with Gasteiger partial charge < -0.3 is 15.1 Å². The molecule has 0 spiro atoms. The third kappa shape index (κ3) is 5.69. The molecule has 0 aromatic carbocycles. The van der Waals surface area contributed by atoms with E-state index in [9.17, 15) is 4.57 Å². The number of aromatic nitrogens is 2. The maximum atomic E-state index is 11.0. The van der Waals surface area contributed by atoms with Crippen molar-refractivity contribution in [3.63, 3.8) is 0 Å². The molecular weight excluding hydrogens is 373 g/mol. The summed E-state index contributed by atoms with van der Waals surface area (Å²) in [7, 11) is -3.98. The number of nitrogens with zero attached hydrogens (tertiary/aromatic N) is 2. The Kier molecular flexibility index (Phi) is 6.92. The first kappa shape index (κ1) is 20.6. The molecule has 1 aliphatic carbocycles. The lowest BCUT2D eigenvalue weighted by molar-refractivity contribution is 0.371. The van der Waals surface area contributed by atoms with Crippen molar-refractivity contribution in [3.8, 4) is 11.3 Å². The smallest absolute Gasteiger partial charge is 0.324 e.